The van der Waals surface area contributed by atoms with Gasteiger partial charge in [-0.1, -0.05) is 12.8 Å². The van der Waals surface area contributed by atoms with E-state index in [0.717, 1.165) is 25.6 Å². The normalized spacial score (nSPS) is 17.3. The molecule has 5 heteroatoms. The summed E-state index contributed by atoms with van der Waals surface area (Å²) in [6, 6.07) is 0. The average molecular weight is 329 g/mol. The second-order valence-corrected chi connectivity index (χ2v) is 6.98. The summed E-state index contributed by atoms with van der Waals surface area (Å²) in [7, 11) is 0. The molecular formula is C17H36N4S. The minimum Gasteiger partial charge on any atom is -0.357 e. The Hall–Kier alpha value is -0.420. The fourth-order valence-electron chi connectivity index (χ4n) is 2.76. The monoisotopic (exact) mass is 328 g/mol. The Morgan fingerprint density at radius 2 is 1.82 bits per heavy atom. The van der Waals surface area contributed by atoms with Crippen LogP contribution in [0, 0.1) is 0 Å². The molecule has 0 amide bonds. The Balaban J connectivity index is 2.14. The van der Waals surface area contributed by atoms with Crippen LogP contribution in [0.5, 0.6) is 0 Å². The SMILES string of the molecule is CCNC(=NCCCN1CCCCCC1)NCCCCSC. The first kappa shape index (κ1) is 19.6. The summed E-state index contributed by atoms with van der Waals surface area (Å²) in [5, 5.41) is 6.79. The molecule has 0 unspecified atom stereocenters. The highest BCUT2D eigenvalue weighted by Crippen LogP contribution is 2.09. The maximum Gasteiger partial charge on any atom is 0.191 e. The molecule has 0 aromatic heterocycles. The standard InChI is InChI=1S/C17H36N4S/c1-3-18-17(19-11-6-9-16-22-2)20-12-10-15-21-13-7-4-5-8-14-21/h3-16H2,1-2H3,(H2,18,19,20). The number of rotatable bonds is 10. The minimum atomic E-state index is 0.927. The lowest BCUT2D eigenvalue weighted by molar-refractivity contribution is 0.283. The van der Waals surface area contributed by atoms with Crippen LogP contribution in [-0.4, -0.2) is 62.1 Å². The summed E-state index contributed by atoms with van der Waals surface area (Å²) < 4.78 is 0. The maximum atomic E-state index is 4.70. The van der Waals surface area contributed by atoms with E-state index in [0.29, 0.717) is 0 Å². The molecule has 0 radical (unpaired) electrons. The van der Waals surface area contributed by atoms with E-state index < -0.39 is 0 Å². The van der Waals surface area contributed by atoms with Gasteiger partial charge in [-0.25, -0.2) is 0 Å². The van der Waals surface area contributed by atoms with Gasteiger partial charge in [0, 0.05) is 19.6 Å². The van der Waals surface area contributed by atoms with Gasteiger partial charge in [0.2, 0.25) is 0 Å². The summed E-state index contributed by atoms with van der Waals surface area (Å²) in [5.74, 6) is 2.24. The Labute approximate surface area is 141 Å². The molecule has 0 saturated carbocycles. The third-order valence-corrected chi connectivity index (χ3v) is 4.71. The number of thioether (sulfide) groups is 1. The molecular weight excluding hydrogens is 292 g/mol. The number of guanidine groups is 1. The first-order valence-electron chi connectivity index (χ1n) is 9.10. The average Bonchev–Trinajstić information content (AvgIpc) is 2.80. The van der Waals surface area contributed by atoms with Gasteiger partial charge in [-0.05, 0) is 70.7 Å². The smallest absolute Gasteiger partial charge is 0.191 e. The van der Waals surface area contributed by atoms with Gasteiger partial charge in [-0.2, -0.15) is 11.8 Å². The van der Waals surface area contributed by atoms with Gasteiger partial charge < -0.3 is 15.5 Å². The summed E-state index contributed by atoms with van der Waals surface area (Å²) >= 11 is 1.92. The van der Waals surface area contributed by atoms with Gasteiger partial charge in [-0.15, -0.1) is 0 Å². The number of unbranched alkanes of at least 4 members (excludes halogenated alkanes) is 1. The first-order chi connectivity index (χ1) is 10.9. The predicted molar refractivity (Wildman–Crippen MR) is 101 cm³/mol. The molecule has 4 nitrogen and oxygen atoms in total. The van der Waals surface area contributed by atoms with Crippen LogP contribution in [0.15, 0.2) is 4.99 Å². The second-order valence-electron chi connectivity index (χ2n) is 6.00. The lowest BCUT2D eigenvalue weighted by Gasteiger charge is -2.19. The van der Waals surface area contributed by atoms with Gasteiger partial charge in [0.05, 0.1) is 0 Å². The summed E-state index contributed by atoms with van der Waals surface area (Å²) in [6.07, 6.45) is 11.4. The number of nitrogens with one attached hydrogen (secondary N) is 2. The van der Waals surface area contributed by atoms with Crippen molar-refractivity contribution in [1.29, 1.82) is 0 Å². The van der Waals surface area contributed by atoms with Crippen LogP contribution in [0.3, 0.4) is 0 Å². The largest absolute Gasteiger partial charge is 0.357 e. The van der Waals surface area contributed by atoms with Crippen molar-refractivity contribution in [2.45, 2.75) is 51.9 Å². The zero-order valence-electron chi connectivity index (χ0n) is 14.7. The Kier molecular flexibility index (Phi) is 12.7. The number of aliphatic imine (C=N–C) groups is 1. The molecule has 1 heterocycles. The molecule has 0 atom stereocenters. The fraction of sp³-hybridized carbons (Fsp3) is 0.941. The van der Waals surface area contributed by atoms with Crippen molar-refractivity contribution in [3.63, 3.8) is 0 Å². The van der Waals surface area contributed by atoms with Crippen molar-refractivity contribution in [2.24, 2.45) is 4.99 Å². The Morgan fingerprint density at radius 1 is 1.05 bits per heavy atom. The van der Waals surface area contributed by atoms with E-state index in [-0.39, 0.29) is 0 Å². The van der Waals surface area contributed by atoms with Crippen LogP contribution >= 0.6 is 11.8 Å². The van der Waals surface area contributed by atoms with Gasteiger partial charge in [-0.3, -0.25) is 4.99 Å². The molecule has 0 aromatic carbocycles. The van der Waals surface area contributed by atoms with Crippen LogP contribution in [0.1, 0.15) is 51.9 Å². The van der Waals surface area contributed by atoms with E-state index >= 15 is 0 Å². The molecule has 0 aliphatic carbocycles. The van der Waals surface area contributed by atoms with E-state index in [4.69, 9.17) is 4.99 Å². The molecule has 0 spiro atoms. The van der Waals surface area contributed by atoms with Gasteiger partial charge in [0.1, 0.15) is 0 Å². The molecule has 1 rings (SSSR count). The van der Waals surface area contributed by atoms with Crippen molar-refractivity contribution in [1.82, 2.24) is 15.5 Å². The number of hydrogen-bond acceptors (Lipinski definition) is 3. The van der Waals surface area contributed by atoms with Gasteiger partial charge in [0.25, 0.3) is 0 Å². The van der Waals surface area contributed by atoms with Crippen molar-refractivity contribution in [3.05, 3.63) is 0 Å². The number of hydrogen-bond donors (Lipinski definition) is 2. The van der Waals surface area contributed by atoms with Crippen molar-refractivity contribution < 1.29 is 0 Å². The molecule has 2 N–H and O–H groups in total. The summed E-state index contributed by atoms with van der Waals surface area (Å²) in [6.45, 7) is 8.80. The molecule has 130 valence electrons. The molecule has 1 fully saturated rings. The van der Waals surface area contributed by atoms with E-state index in [1.807, 2.05) is 11.8 Å². The highest BCUT2D eigenvalue weighted by Gasteiger charge is 2.07. The third kappa shape index (κ3) is 10.3. The third-order valence-electron chi connectivity index (χ3n) is 4.01. The van der Waals surface area contributed by atoms with E-state index in [2.05, 4.69) is 28.7 Å². The Morgan fingerprint density at radius 3 is 2.50 bits per heavy atom. The van der Waals surface area contributed by atoms with Crippen molar-refractivity contribution in [3.8, 4) is 0 Å². The summed E-state index contributed by atoms with van der Waals surface area (Å²) in [4.78, 5) is 7.32. The van der Waals surface area contributed by atoms with E-state index in [1.165, 1.54) is 70.3 Å². The molecule has 1 aliphatic rings. The fourth-order valence-corrected chi connectivity index (χ4v) is 3.26. The molecule has 0 aromatic rings. The van der Waals surface area contributed by atoms with Gasteiger partial charge in [0.15, 0.2) is 5.96 Å². The minimum absolute atomic E-state index is 0.927. The molecule has 22 heavy (non-hydrogen) atoms. The maximum absolute atomic E-state index is 4.70. The lowest BCUT2D eigenvalue weighted by atomic mass is 10.2. The molecule has 1 aliphatic heterocycles. The van der Waals surface area contributed by atoms with Crippen molar-refractivity contribution in [2.75, 3.05) is 51.3 Å². The molecule has 1 saturated heterocycles. The van der Waals surface area contributed by atoms with Crippen molar-refractivity contribution >= 4 is 17.7 Å². The van der Waals surface area contributed by atoms with Crippen LogP contribution < -0.4 is 10.6 Å². The van der Waals surface area contributed by atoms with Crippen LogP contribution in [0.2, 0.25) is 0 Å². The van der Waals surface area contributed by atoms with Gasteiger partial charge >= 0.3 is 0 Å². The number of likely N-dealkylation sites (tertiary alicyclic amines) is 1. The molecule has 0 bridgehead atoms. The summed E-state index contributed by atoms with van der Waals surface area (Å²) in [5.41, 5.74) is 0. The second kappa shape index (κ2) is 14.2. The van der Waals surface area contributed by atoms with Crippen LogP contribution in [0.4, 0.5) is 0 Å². The quantitative estimate of drug-likeness (QED) is 0.367. The Bertz CT molecular complexity index is 276. The van der Waals surface area contributed by atoms with E-state index in [1.54, 1.807) is 0 Å². The first-order valence-corrected chi connectivity index (χ1v) is 10.5. The highest BCUT2D eigenvalue weighted by molar-refractivity contribution is 7.98. The number of nitrogens with zero attached hydrogens (tertiary/aromatic N) is 2. The van der Waals surface area contributed by atoms with Crippen LogP contribution in [0.25, 0.3) is 0 Å². The van der Waals surface area contributed by atoms with E-state index in [9.17, 15) is 0 Å². The topological polar surface area (TPSA) is 39.7 Å². The zero-order valence-corrected chi connectivity index (χ0v) is 15.5. The predicted octanol–water partition coefficient (Wildman–Crippen LogP) is 2.95. The highest BCUT2D eigenvalue weighted by atomic mass is 32.2. The zero-order chi connectivity index (χ0) is 15.9. The lowest BCUT2D eigenvalue weighted by Crippen LogP contribution is -2.38. The van der Waals surface area contributed by atoms with Crippen LogP contribution in [-0.2, 0) is 0 Å².